The van der Waals surface area contributed by atoms with E-state index in [1.165, 1.54) is 74.4 Å². The van der Waals surface area contributed by atoms with Crippen molar-refractivity contribution in [3.8, 4) is 11.1 Å². The summed E-state index contributed by atoms with van der Waals surface area (Å²) in [5.74, 6) is 0.704. The van der Waals surface area contributed by atoms with E-state index >= 15 is 0 Å². The van der Waals surface area contributed by atoms with Crippen LogP contribution in [0.1, 0.15) is 52.1 Å². The SMILES string of the molecule is CNCc1ccc2c(c1)C1(c3cc(C4CC4)ccc3-2)c2ccccc2N(c2ccccc2)c2ccccc21. The summed E-state index contributed by atoms with van der Waals surface area (Å²) in [4.78, 5) is 2.45. The summed E-state index contributed by atoms with van der Waals surface area (Å²) in [6, 6.07) is 43.4. The Labute approximate surface area is 224 Å². The fourth-order valence-corrected chi connectivity index (χ4v) is 7.06. The van der Waals surface area contributed by atoms with Crippen molar-refractivity contribution in [1.29, 1.82) is 0 Å². The van der Waals surface area contributed by atoms with Crippen LogP contribution in [0.4, 0.5) is 17.1 Å². The molecule has 2 aliphatic carbocycles. The lowest BCUT2D eigenvalue weighted by molar-refractivity contribution is 0.745. The van der Waals surface area contributed by atoms with Crippen molar-refractivity contribution in [1.82, 2.24) is 5.32 Å². The average molecular weight is 491 g/mol. The van der Waals surface area contributed by atoms with Gasteiger partial charge in [0.1, 0.15) is 0 Å². The van der Waals surface area contributed by atoms with E-state index in [1.807, 2.05) is 7.05 Å². The molecule has 1 spiro atoms. The van der Waals surface area contributed by atoms with E-state index < -0.39 is 0 Å². The molecule has 38 heavy (non-hydrogen) atoms. The molecule has 2 heteroatoms. The summed E-state index contributed by atoms with van der Waals surface area (Å²) in [6.07, 6.45) is 2.61. The minimum atomic E-state index is -0.363. The second-order valence-corrected chi connectivity index (χ2v) is 10.9. The molecule has 0 amide bonds. The van der Waals surface area contributed by atoms with Gasteiger partial charge in [-0.3, -0.25) is 0 Å². The first kappa shape index (κ1) is 21.9. The van der Waals surface area contributed by atoms with Crippen molar-refractivity contribution in [2.24, 2.45) is 0 Å². The molecule has 0 bridgehead atoms. The van der Waals surface area contributed by atoms with E-state index in [1.54, 1.807) is 0 Å². The molecule has 8 rings (SSSR count). The fraction of sp³-hybridized carbons (Fsp3) is 0.167. The minimum Gasteiger partial charge on any atom is -0.316 e. The largest absolute Gasteiger partial charge is 0.316 e. The lowest BCUT2D eigenvalue weighted by Crippen LogP contribution is -2.36. The Bertz CT molecular complexity index is 1650. The first-order valence-corrected chi connectivity index (χ1v) is 13.8. The number of nitrogens with zero attached hydrogens (tertiary/aromatic N) is 1. The lowest BCUT2D eigenvalue weighted by Gasteiger charge is -2.45. The number of anilines is 3. The number of fused-ring (bicyclic) bond motifs is 9. The van der Waals surface area contributed by atoms with Crippen LogP contribution in [0.2, 0.25) is 0 Å². The van der Waals surface area contributed by atoms with E-state index in [4.69, 9.17) is 0 Å². The summed E-state index contributed by atoms with van der Waals surface area (Å²) >= 11 is 0. The zero-order chi connectivity index (χ0) is 25.3. The maximum absolute atomic E-state index is 3.38. The normalized spacial score (nSPS) is 16.1. The van der Waals surface area contributed by atoms with Crippen molar-refractivity contribution in [3.63, 3.8) is 0 Å². The summed E-state index contributed by atoms with van der Waals surface area (Å²) in [7, 11) is 2.03. The average Bonchev–Trinajstić information content (AvgIpc) is 3.79. The Morgan fingerprint density at radius 1 is 0.658 bits per heavy atom. The highest BCUT2D eigenvalue weighted by molar-refractivity contribution is 5.95. The van der Waals surface area contributed by atoms with Gasteiger partial charge in [-0.15, -0.1) is 0 Å². The van der Waals surface area contributed by atoms with Crippen LogP contribution < -0.4 is 10.2 Å². The fourth-order valence-electron chi connectivity index (χ4n) is 7.06. The van der Waals surface area contributed by atoms with Crippen molar-refractivity contribution in [3.05, 3.63) is 149 Å². The second-order valence-electron chi connectivity index (χ2n) is 10.9. The summed E-state index contributed by atoms with van der Waals surface area (Å²) < 4.78 is 0. The first-order valence-electron chi connectivity index (χ1n) is 13.8. The second kappa shape index (κ2) is 8.18. The Morgan fingerprint density at radius 3 is 1.92 bits per heavy atom. The Hall–Kier alpha value is -4.14. The number of benzene rings is 5. The van der Waals surface area contributed by atoms with Gasteiger partial charge >= 0.3 is 0 Å². The number of para-hydroxylation sites is 3. The highest BCUT2D eigenvalue weighted by Gasteiger charge is 2.52. The third-order valence-electron chi connectivity index (χ3n) is 8.77. The predicted molar refractivity (Wildman–Crippen MR) is 157 cm³/mol. The maximum Gasteiger partial charge on any atom is 0.0754 e. The van der Waals surface area contributed by atoms with Crippen LogP contribution in [0, 0.1) is 0 Å². The van der Waals surface area contributed by atoms with Crippen LogP contribution in [0.25, 0.3) is 11.1 Å². The van der Waals surface area contributed by atoms with Gasteiger partial charge in [0.2, 0.25) is 0 Å². The van der Waals surface area contributed by atoms with Gasteiger partial charge in [0, 0.05) is 12.2 Å². The molecule has 5 aromatic rings. The molecule has 1 N–H and O–H groups in total. The molecule has 0 atom stereocenters. The van der Waals surface area contributed by atoms with Crippen LogP contribution in [0.5, 0.6) is 0 Å². The van der Waals surface area contributed by atoms with Crippen molar-refractivity contribution < 1.29 is 0 Å². The molecule has 2 nitrogen and oxygen atoms in total. The van der Waals surface area contributed by atoms with Gasteiger partial charge in [0.25, 0.3) is 0 Å². The van der Waals surface area contributed by atoms with Crippen LogP contribution >= 0.6 is 0 Å². The molecular formula is C36H30N2. The van der Waals surface area contributed by atoms with Gasteiger partial charge in [0.15, 0.2) is 0 Å². The molecule has 1 fully saturated rings. The van der Waals surface area contributed by atoms with Gasteiger partial charge in [-0.1, -0.05) is 91.0 Å². The van der Waals surface area contributed by atoms with E-state index in [0.717, 1.165) is 6.54 Å². The minimum absolute atomic E-state index is 0.363. The molecule has 1 heterocycles. The monoisotopic (exact) mass is 490 g/mol. The summed E-state index contributed by atoms with van der Waals surface area (Å²) in [6.45, 7) is 0.854. The van der Waals surface area contributed by atoms with E-state index in [9.17, 15) is 0 Å². The predicted octanol–water partition coefficient (Wildman–Crippen LogP) is 8.43. The van der Waals surface area contributed by atoms with Crippen molar-refractivity contribution in [2.75, 3.05) is 11.9 Å². The molecule has 0 radical (unpaired) electrons. The number of nitrogens with one attached hydrogen (secondary N) is 1. The summed E-state index contributed by atoms with van der Waals surface area (Å²) in [5, 5.41) is 3.38. The molecule has 0 saturated heterocycles. The van der Waals surface area contributed by atoms with Crippen LogP contribution in [-0.2, 0) is 12.0 Å². The Balaban J connectivity index is 1.52. The molecule has 1 aliphatic heterocycles. The van der Waals surface area contributed by atoms with Crippen LogP contribution in [-0.4, -0.2) is 7.05 Å². The molecule has 3 aliphatic rings. The van der Waals surface area contributed by atoms with E-state index in [2.05, 4.69) is 125 Å². The molecule has 1 saturated carbocycles. The van der Waals surface area contributed by atoms with Crippen LogP contribution in [0.15, 0.2) is 115 Å². The Morgan fingerprint density at radius 2 is 1.26 bits per heavy atom. The number of hydrogen-bond acceptors (Lipinski definition) is 2. The highest BCUT2D eigenvalue weighted by atomic mass is 15.2. The van der Waals surface area contributed by atoms with Gasteiger partial charge < -0.3 is 10.2 Å². The Kier molecular flexibility index (Phi) is 4.71. The van der Waals surface area contributed by atoms with Gasteiger partial charge in [-0.05, 0) is 94.6 Å². The quantitative estimate of drug-likeness (QED) is 0.266. The van der Waals surface area contributed by atoms with Gasteiger partial charge in [-0.2, -0.15) is 0 Å². The first-order chi connectivity index (χ1) is 18.8. The highest BCUT2D eigenvalue weighted by Crippen LogP contribution is 2.63. The molecule has 184 valence electrons. The molecule has 0 unspecified atom stereocenters. The number of hydrogen-bond donors (Lipinski definition) is 1. The lowest BCUT2D eigenvalue weighted by atomic mass is 9.64. The van der Waals surface area contributed by atoms with Gasteiger partial charge in [0.05, 0.1) is 16.8 Å². The van der Waals surface area contributed by atoms with Gasteiger partial charge in [-0.25, -0.2) is 0 Å². The molecular weight excluding hydrogens is 460 g/mol. The third-order valence-corrected chi connectivity index (χ3v) is 8.77. The van der Waals surface area contributed by atoms with E-state index in [0.29, 0.717) is 5.92 Å². The zero-order valence-electron chi connectivity index (χ0n) is 21.6. The molecule has 0 aromatic heterocycles. The summed E-state index contributed by atoms with van der Waals surface area (Å²) in [5.41, 5.74) is 14.4. The third kappa shape index (κ3) is 2.92. The zero-order valence-corrected chi connectivity index (χ0v) is 21.6. The molecule has 5 aromatic carbocycles. The van der Waals surface area contributed by atoms with Crippen molar-refractivity contribution in [2.45, 2.75) is 30.7 Å². The van der Waals surface area contributed by atoms with Crippen molar-refractivity contribution >= 4 is 17.1 Å². The standard InChI is InChI=1S/C36H30N2/c1-37-23-24-15-19-28-29-20-18-26(25-16-17-25)22-33(29)36(32(28)21-24)30-11-5-7-13-34(30)38(27-9-3-2-4-10-27)35-14-8-6-12-31(35)36/h2-15,18-22,25,37H,16-17,23H2,1H3. The van der Waals surface area contributed by atoms with E-state index in [-0.39, 0.29) is 5.41 Å². The maximum atomic E-state index is 3.38. The van der Waals surface area contributed by atoms with Crippen LogP contribution in [0.3, 0.4) is 0 Å². The smallest absolute Gasteiger partial charge is 0.0754 e. The number of rotatable bonds is 4. The topological polar surface area (TPSA) is 15.3 Å².